The van der Waals surface area contributed by atoms with Crippen LogP contribution in [0.1, 0.15) is 31.2 Å². The third-order valence-corrected chi connectivity index (χ3v) is 8.11. The third-order valence-electron chi connectivity index (χ3n) is 5.81. The lowest BCUT2D eigenvalue weighted by Crippen LogP contribution is -2.36. The number of hydrogen-bond acceptors (Lipinski definition) is 6. The van der Waals surface area contributed by atoms with E-state index in [0.29, 0.717) is 21.7 Å². The lowest BCUT2D eigenvalue weighted by molar-refractivity contribution is -0.132. The van der Waals surface area contributed by atoms with E-state index in [4.69, 9.17) is 4.74 Å². The van der Waals surface area contributed by atoms with Crippen molar-refractivity contribution in [3.8, 4) is 5.75 Å². The monoisotopic (exact) mass is 489 g/mol. The maximum Gasteiger partial charge on any atom is 0.308 e. The van der Waals surface area contributed by atoms with Crippen LogP contribution in [0.25, 0.3) is 10.2 Å². The van der Waals surface area contributed by atoms with Gasteiger partial charge in [0.15, 0.2) is 0 Å². The molecule has 2 aromatic carbocycles. The number of benzene rings is 2. The Balaban J connectivity index is 1.56. The van der Waals surface area contributed by atoms with Gasteiger partial charge in [0.05, 0.1) is 27.9 Å². The molecule has 33 heavy (non-hydrogen) atoms. The number of anilines is 1. The second-order valence-corrected chi connectivity index (χ2v) is 10.8. The third kappa shape index (κ3) is 5.06. The number of nitrogens with zero attached hydrogens (tertiary/aromatic N) is 2. The largest absolute Gasteiger partial charge is 0.495 e. The van der Waals surface area contributed by atoms with Crippen LogP contribution in [-0.4, -0.2) is 44.0 Å². The Kier molecular flexibility index (Phi) is 6.76. The normalized spacial score (nSPS) is 14.4. The van der Waals surface area contributed by atoms with Gasteiger partial charge in [-0.1, -0.05) is 17.4 Å². The van der Waals surface area contributed by atoms with Crippen molar-refractivity contribution in [3.05, 3.63) is 51.6 Å². The summed E-state index contributed by atoms with van der Waals surface area (Å²) < 4.78 is 36.0. The molecule has 10 heteroatoms. The Morgan fingerprint density at radius 3 is 2.61 bits per heavy atom. The Labute approximate surface area is 196 Å². The zero-order valence-electron chi connectivity index (χ0n) is 18.7. The number of methoxy groups -OCH3 is 1. The fourth-order valence-corrected chi connectivity index (χ4v) is 6.16. The van der Waals surface area contributed by atoms with E-state index in [1.54, 1.807) is 22.8 Å². The molecule has 176 valence electrons. The fourth-order valence-electron chi connectivity index (χ4n) is 4.04. The molecule has 2 heterocycles. The van der Waals surface area contributed by atoms with Crippen LogP contribution in [0.15, 0.2) is 46.1 Å². The van der Waals surface area contributed by atoms with Gasteiger partial charge in [0.1, 0.15) is 5.75 Å². The number of hydrogen-bond donors (Lipinski definition) is 1. The molecule has 1 aromatic heterocycles. The minimum Gasteiger partial charge on any atom is -0.495 e. The van der Waals surface area contributed by atoms with Crippen LogP contribution in [-0.2, 0) is 21.4 Å². The van der Waals surface area contributed by atoms with Crippen molar-refractivity contribution < 1.29 is 17.9 Å². The van der Waals surface area contributed by atoms with Gasteiger partial charge >= 0.3 is 4.87 Å². The second-order valence-electron chi connectivity index (χ2n) is 8.15. The molecule has 1 N–H and O–H groups in total. The summed E-state index contributed by atoms with van der Waals surface area (Å²) in [6.07, 6.45) is 3.44. The minimum atomic E-state index is -3.89. The van der Waals surface area contributed by atoms with E-state index < -0.39 is 10.0 Å². The first-order valence-electron chi connectivity index (χ1n) is 10.9. The zero-order chi connectivity index (χ0) is 23.6. The number of sulfonamides is 1. The predicted molar refractivity (Wildman–Crippen MR) is 130 cm³/mol. The molecule has 0 aliphatic carbocycles. The number of nitrogens with one attached hydrogen (secondary N) is 1. The van der Waals surface area contributed by atoms with E-state index >= 15 is 0 Å². The quantitative estimate of drug-likeness (QED) is 0.547. The molecule has 1 fully saturated rings. The first kappa shape index (κ1) is 23.3. The molecule has 0 spiro atoms. The molecule has 1 aliphatic rings. The van der Waals surface area contributed by atoms with Crippen molar-refractivity contribution in [2.45, 2.75) is 44.0 Å². The van der Waals surface area contributed by atoms with Crippen molar-refractivity contribution >= 4 is 43.2 Å². The van der Waals surface area contributed by atoms with Gasteiger partial charge in [-0.15, -0.1) is 0 Å². The van der Waals surface area contributed by atoms with Crippen LogP contribution < -0.4 is 14.3 Å². The molecule has 3 aromatic rings. The highest BCUT2D eigenvalue weighted by Crippen LogP contribution is 2.29. The number of ether oxygens (including phenoxy) is 1. The molecule has 8 nitrogen and oxygen atoms in total. The van der Waals surface area contributed by atoms with Gasteiger partial charge in [-0.25, -0.2) is 8.42 Å². The van der Waals surface area contributed by atoms with E-state index in [1.165, 1.54) is 19.2 Å². The lowest BCUT2D eigenvalue weighted by Gasteiger charge is -2.26. The number of amides is 1. The zero-order valence-corrected chi connectivity index (χ0v) is 20.3. The smallest absolute Gasteiger partial charge is 0.308 e. The van der Waals surface area contributed by atoms with Crippen LogP contribution in [0.2, 0.25) is 0 Å². The first-order chi connectivity index (χ1) is 15.8. The number of carbonyl (C=O) groups excluding carboxylic acids is 1. The number of aryl methyl sites for hydroxylation is 2. The molecule has 1 aliphatic heterocycles. The number of thiazole rings is 1. The number of rotatable bonds is 7. The fraction of sp³-hybridized carbons (Fsp3) is 0.391. The SMILES string of the molecule is COc1ccc(C)cc1NS(=O)(=O)c1ccc2c(c1)sc(=O)n2CCC(=O)N1CCCCC1. The number of aromatic nitrogens is 1. The van der Waals surface area contributed by atoms with Crippen molar-refractivity contribution in [1.29, 1.82) is 0 Å². The van der Waals surface area contributed by atoms with Crippen LogP contribution in [0, 0.1) is 6.92 Å². The van der Waals surface area contributed by atoms with E-state index in [9.17, 15) is 18.0 Å². The highest BCUT2D eigenvalue weighted by molar-refractivity contribution is 7.92. The topological polar surface area (TPSA) is 97.7 Å². The Hall–Kier alpha value is -2.85. The summed E-state index contributed by atoms with van der Waals surface area (Å²) in [5.41, 5.74) is 1.86. The predicted octanol–water partition coefficient (Wildman–Crippen LogP) is 3.58. The highest BCUT2D eigenvalue weighted by atomic mass is 32.2. The van der Waals surface area contributed by atoms with E-state index in [2.05, 4.69) is 4.72 Å². The molecule has 0 unspecified atom stereocenters. The molecular formula is C23H27N3O5S2. The standard InChI is InChI=1S/C23H27N3O5S2/c1-16-6-9-20(31-2)18(14-16)24-33(29,30)17-7-8-19-21(15-17)32-23(28)26(19)13-10-22(27)25-11-4-3-5-12-25/h6-9,14-15,24H,3-5,10-13H2,1-2H3. The maximum atomic E-state index is 13.0. The number of carbonyl (C=O) groups is 1. The summed E-state index contributed by atoms with van der Waals surface area (Å²) in [6, 6.07) is 9.83. The average molecular weight is 490 g/mol. The minimum absolute atomic E-state index is 0.0522. The number of piperidine rings is 1. The van der Waals surface area contributed by atoms with Gasteiger partial charge in [-0.3, -0.25) is 18.9 Å². The Morgan fingerprint density at radius 2 is 1.88 bits per heavy atom. The Bertz CT molecular complexity index is 1340. The summed E-state index contributed by atoms with van der Waals surface area (Å²) in [6.45, 7) is 3.69. The van der Waals surface area contributed by atoms with Gasteiger partial charge in [0.25, 0.3) is 10.0 Å². The van der Waals surface area contributed by atoms with Gasteiger partial charge in [-0.2, -0.15) is 0 Å². The van der Waals surface area contributed by atoms with Gasteiger partial charge in [-0.05, 0) is 62.1 Å². The number of fused-ring (bicyclic) bond motifs is 1. The summed E-state index contributed by atoms with van der Waals surface area (Å²) in [5, 5.41) is 0. The van der Waals surface area contributed by atoms with E-state index in [1.807, 2.05) is 17.9 Å². The Morgan fingerprint density at radius 1 is 1.12 bits per heavy atom. The van der Waals surface area contributed by atoms with Crippen LogP contribution in [0.3, 0.4) is 0 Å². The van der Waals surface area contributed by atoms with Crippen molar-refractivity contribution in [3.63, 3.8) is 0 Å². The average Bonchev–Trinajstić information content (AvgIpc) is 3.12. The van der Waals surface area contributed by atoms with E-state index in [0.717, 1.165) is 49.3 Å². The van der Waals surface area contributed by atoms with Crippen LogP contribution >= 0.6 is 11.3 Å². The molecule has 0 radical (unpaired) electrons. The van der Waals surface area contributed by atoms with Crippen LogP contribution in [0.5, 0.6) is 5.75 Å². The summed E-state index contributed by atoms with van der Waals surface area (Å²) in [7, 11) is -2.42. The van der Waals surface area contributed by atoms with Gasteiger partial charge in [0, 0.05) is 26.1 Å². The molecule has 0 saturated carbocycles. The van der Waals surface area contributed by atoms with Crippen molar-refractivity contribution in [2.75, 3.05) is 24.9 Å². The molecule has 1 saturated heterocycles. The van der Waals surface area contributed by atoms with Gasteiger partial charge < -0.3 is 9.64 Å². The summed E-state index contributed by atoms with van der Waals surface area (Å²) >= 11 is 0.978. The molecule has 0 atom stereocenters. The highest BCUT2D eigenvalue weighted by Gasteiger charge is 2.20. The summed E-state index contributed by atoms with van der Waals surface area (Å²) in [4.78, 5) is 26.8. The summed E-state index contributed by atoms with van der Waals surface area (Å²) in [5.74, 6) is 0.468. The van der Waals surface area contributed by atoms with Crippen molar-refractivity contribution in [1.82, 2.24) is 9.47 Å². The molecule has 1 amide bonds. The van der Waals surface area contributed by atoms with Crippen LogP contribution in [0.4, 0.5) is 5.69 Å². The lowest BCUT2D eigenvalue weighted by atomic mass is 10.1. The maximum absolute atomic E-state index is 13.0. The van der Waals surface area contributed by atoms with E-state index in [-0.39, 0.29) is 28.6 Å². The molecule has 0 bridgehead atoms. The van der Waals surface area contributed by atoms with Crippen molar-refractivity contribution in [2.24, 2.45) is 0 Å². The first-order valence-corrected chi connectivity index (χ1v) is 13.2. The van der Waals surface area contributed by atoms with Gasteiger partial charge in [0.2, 0.25) is 5.91 Å². The number of likely N-dealkylation sites (tertiary alicyclic amines) is 1. The molecule has 4 rings (SSSR count). The second kappa shape index (κ2) is 9.56. The molecular weight excluding hydrogens is 462 g/mol.